The van der Waals surface area contributed by atoms with Crippen LogP contribution in [0.4, 0.5) is 5.13 Å². The number of guanidine groups is 1. The molecule has 10 heteroatoms. The van der Waals surface area contributed by atoms with Crippen molar-refractivity contribution in [3.63, 3.8) is 0 Å². The fraction of sp³-hybridized carbons (Fsp3) is 0.167. The summed E-state index contributed by atoms with van der Waals surface area (Å²) in [5, 5.41) is 11.8. The maximum absolute atomic E-state index is 9.07. The molecular formula is C12H14N7OS2+. The molecule has 6 N–H and O–H groups in total. The summed E-state index contributed by atoms with van der Waals surface area (Å²) in [6, 6.07) is 1.80. The van der Waals surface area contributed by atoms with E-state index in [1.165, 1.54) is 27.7 Å². The summed E-state index contributed by atoms with van der Waals surface area (Å²) >= 11 is 2.61. The maximum atomic E-state index is 9.07. The zero-order valence-corrected chi connectivity index (χ0v) is 13.3. The van der Waals surface area contributed by atoms with Crippen molar-refractivity contribution in [3.05, 3.63) is 23.5 Å². The molecule has 2 heterocycles. The summed E-state index contributed by atoms with van der Waals surface area (Å²) in [4.78, 5) is 8.17. The van der Waals surface area contributed by atoms with Crippen LogP contribution in [-0.2, 0) is 6.54 Å². The van der Waals surface area contributed by atoms with Gasteiger partial charge in [-0.1, -0.05) is 11.8 Å². The van der Waals surface area contributed by atoms with Crippen LogP contribution in [0.3, 0.4) is 0 Å². The Morgan fingerprint density at radius 2 is 2.32 bits per heavy atom. The summed E-state index contributed by atoms with van der Waals surface area (Å²) in [5.74, 6) is 0.562. The molecule has 0 aromatic carbocycles. The molecule has 0 bridgehead atoms. The quantitative estimate of drug-likeness (QED) is 0.248. The Hall–Kier alpha value is -2.51. The first kappa shape index (κ1) is 15.9. The number of hydrogen-bond acceptors (Lipinski definition) is 6. The second-order valence-corrected chi connectivity index (χ2v) is 5.75. The van der Waals surface area contributed by atoms with E-state index < -0.39 is 0 Å². The van der Waals surface area contributed by atoms with E-state index >= 15 is 0 Å². The molecule has 0 aliphatic heterocycles. The average molecular weight is 336 g/mol. The van der Waals surface area contributed by atoms with Gasteiger partial charge in [0, 0.05) is 16.2 Å². The van der Waals surface area contributed by atoms with Gasteiger partial charge in [-0.3, -0.25) is 0 Å². The van der Waals surface area contributed by atoms with Crippen molar-refractivity contribution in [3.8, 4) is 17.5 Å². The molecule has 114 valence electrons. The summed E-state index contributed by atoms with van der Waals surface area (Å²) in [6.07, 6.45) is 5.37. The minimum Gasteiger partial charge on any atom is -0.465 e. The van der Waals surface area contributed by atoms with Crippen LogP contribution in [0.1, 0.15) is 5.76 Å². The summed E-state index contributed by atoms with van der Waals surface area (Å²) in [7, 11) is 0. The predicted octanol–water partition coefficient (Wildman–Crippen LogP) is 0.979. The normalized spacial score (nSPS) is 11.6. The first-order valence-electron chi connectivity index (χ1n) is 6.00. The van der Waals surface area contributed by atoms with Crippen molar-refractivity contribution < 1.29 is 8.99 Å². The third-order valence-corrected chi connectivity index (χ3v) is 3.95. The van der Waals surface area contributed by atoms with Crippen LogP contribution in [0.5, 0.6) is 0 Å². The van der Waals surface area contributed by atoms with Crippen molar-refractivity contribution in [2.75, 3.05) is 6.26 Å². The topological polar surface area (TPSA) is 143 Å². The van der Waals surface area contributed by atoms with Gasteiger partial charge in [0.05, 0.1) is 5.69 Å². The van der Waals surface area contributed by atoms with Crippen molar-refractivity contribution in [2.45, 2.75) is 6.54 Å². The smallest absolute Gasteiger partial charge is 0.371 e. The molecule has 0 fully saturated rings. The highest BCUT2D eigenvalue weighted by atomic mass is 32.2. The van der Waals surface area contributed by atoms with E-state index in [2.05, 4.69) is 9.98 Å². The number of amidine groups is 1. The second-order valence-electron chi connectivity index (χ2n) is 4.08. The lowest BCUT2D eigenvalue weighted by Crippen LogP contribution is -2.21. The van der Waals surface area contributed by atoms with E-state index in [-0.39, 0.29) is 12.5 Å². The van der Waals surface area contributed by atoms with Crippen LogP contribution in [0, 0.1) is 11.5 Å². The standard InChI is InChI=1S/C12H13N7OS2/c1-21-11(16)19(6-13)3-8-2-7(4-20-8)9-5-22-12(17-9)18-10(14)15/h2,4-5,16H,3H2,1H3,(H4,14,15,17,18)/p+1. The molecule has 22 heavy (non-hydrogen) atoms. The van der Waals surface area contributed by atoms with E-state index in [0.717, 1.165) is 5.56 Å². The third kappa shape index (κ3) is 3.78. The van der Waals surface area contributed by atoms with Crippen molar-refractivity contribution >= 4 is 39.4 Å². The van der Waals surface area contributed by atoms with Gasteiger partial charge < -0.3 is 21.6 Å². The lowest BCUT2D eigenvalue weighted by atomic mass is 10.2. The van der Waals surface area contributed by atoms with E-state index in [1.54, 1.807) is 18.6 Å². The minimum atomic E-state index is -0.0403. The Labute approximate surface area is 135 Å². The Kier molecular flexibility index (Phi) is 5.03. The van der Waals surface area contributed by atoms with Gasteiger partial charge >= 0.3 is 6.19 Å². The summed E-state index contributed by atoms with van der Waals surface area (Å²) < 4.78 is 6.79. The SMILES string of the molecule is CSC(N)=[N+](C#N)Cc1cc(-c2csc(N=C(N)N)n2)co1. The molecule has 0 atom stereocenters. The fourth-order valence-corrected chi connectivity index (χ4v) is 2.63. The molecule has 0 saturated carbocycles. The van der Waals surface area contributed by atoms with Gasteiger partial charge in [-0.25, -0.2) is 4.98 Å². The number of aromatic nitrogens is 1. The highest BCUT2D eigenvalue weighted by Gasteiger charge is 2.13. The van der Waals surface area contributed by atoms with Crippen LogP contribution in [0.15, 0.2) is 27.1 Å². The molecule has 0 saturated heterocycles. The van der Waals surface area contributed by atoms with Gasteiger partial charge in [0.25, 0.3) is 5.17 Å². The van der Waals surface area contributed by atoms with Crippen LogP contribution in [0.2, 0.25) is 0 Å². The summed E-state index contributed by atoms with van der Waals surface area (Å²) in [6.45, 7) is 0.258. The zero-order valence-electron chi connectivity index (χ0n) is 11.7. The molecular weight excluding hydrogens is 322 g/mol. The third-order valence-electron chi connectivity index (χ3n) is 2.58. The van der Waals surface area contributed by atoms with E-state index in [1.807, 2.05) is 11.6 Å². The van der Waals surface area contributed by atoms with Gasteiger partial charge in [-0.15, -0.1) is 11.3 Å². The van der Waals surface area contributed by atoms with Gasteiger partial charge in [-0.05, 0) is 12.3 Å². The maximum Gasteiger partial charge on any atom is 0.371 e. The number of nitrogens with zero attached hydrogens (tertiary/aromatic N) is 4. The van der Waals surface area contributed by atoms with Crippen LogP contribution >= 0.6 is 23.1 Å². The van der Waals surface area contributed by atoms with Crippen molar-refractivity contribution in [1.29, 1.82) is 5.26 Å². The monoisotopic (exact) mass is 336 g/mol. The number of nitrogens with two attached hydrogens (primary N) is 3. The molecule has 0 unspecified atom stereocenters. The Morgan fingerprint density at radius 1 is 1.55 bits per heavy atom. The molecule has 0 aliphatic rings. The lowest BCUT2D eigenvalue weighted by molar-refractivity contribution is -0.457. The van der Waals surface area contributed by atoms with Crippen LogP contribution < -0.4 is 17.2 Å². The number of rotatable bonds is 4. The Bertz CT molecular complexity index is 765. The fourth-order valence-electron chi connectivity index (χ4n) is 1.59. The number of thioether (sulfide) groups is 1. The largest absolute Gasteiger partial charge is 0.465 e. The highest BCUT2D eigenvalue weighted by Crippen LogP contribution is 2.28. The molecule has 0 radical (unpaired) electrons. The number of thiazole rings is 1. The number of aliphatic imine (C=N–C) groups is 1. The van der Waals surface area contributed by atoms with E-state index in [4.69, 9.17) is 26.9 Å². The van der Waals surface area contributed by atoms with Gasteiger partial charge in [0.15, 0.2) is 5.96 Å². The Morgan fingerprint density at radius 3 is 2.95 bits per heavy atom. The molecule has 2 aromatic rings. The van der Waals surface area contributed by atoms with Crippen LogP contribution in [0.25, 0.3) is 11.3 Å². The highest BCUT2D eigenvalue weighted by molar-refractivity contribution is 8.12. The van der Waals surface area contributed by atoms with E-state index in [0.29, 0.717) is 21.8 Å². The van der Waals surface area contributed by atoms with Gasteiger partial charge in [0.1, 0.15) is 18.6 Å². The second kappa shape index (κ2) is 6.97. The number of nitriles is 1. The predicted molar refractivity (Wildman–Crippen MR) is 87.6 cm³/mol. The molecule has 2 aromatic heterocycles. The Balaban J connectivity index is 2.20. The van der Waals surface area contributed by atoms with Crippen LogP contribution in [-0.4, -0.2) is 26.9 Å². The molecule has 0 amide bonds. The molecule has 0 spiro atoms. The van der Waals surface area contributed by atoms with Crippen molar-refractivity contribution in [2.24, 2.45) is 22.2 Å². The number of furan rings is 1. The molecule has 2 rings (SSSR count). The molecule has 8 nitrogen and oxygen atoms in total. The van der Waals surface area contributed by atoms with Gasteiger partial charge in [0.2, 0.25) is 5.13 Å². The minimum absolute atomic E-state index is 0.0403. The van der Waals surface area contributed by atoms with Gasteiger partial charge in [-0.2, -0.15) is 9.57 Å². The average Bonchev–Trinajstić information content (AvgIpc) is 3.12. The summed E-state index contributed by atoms with van der Waals surface area (Å²) in [5.41, 5.74) is 17.8. The number of hydrogen-bond donors (Lipinski definition) is 3. The zero-order chi connectivity index (χ0) is 16.1. The molecule has 0 aliphatic carbocycles. The first-order valence-corrected chi connectivity index (χ1v) is 8.10. The van der Waals surface area contributed by atoms with E-state index in [9.17, 15) is 0 Å². The lowest BCUT2D eigenvalue weighted by Gasteiger charge is -1.97. The van der Waals surface area contributed by atoms with Crippen molar-refractivity contribution in [1.82, 2.24) is 4.98 Å². The first-order chi connectivity index (χ1) is 10.5.